The molecule has 2 rings (SSSR count). The van der Waals surface area contributed by atoms with Crippen molar-refractivity contribution in [3.63, 3.8) is 0 Å². The topological polar surface area (TPSA) is 45.2 Å². The van der Waals surface area contributed by atoms with E-state index in [1.54, 1.807) is 18.4 Å². The molecular formula is C11H17N3OS. The Kier molecular flexibility index (Phi) is 3.14. The van der Waals surface area contributed by atoms with Crippen molar-refractivity contribution in [1.82, 2.24) is 15.2 Å². The molecule has 2 heterocycles. The van der Waals surface area contributed by atoms with Crippen LogP contribution in [0.4, 0.5) is 4.79 Å². The summed E-state index contributed by atoms with van der Waals surface area (Å²) in [5, 5.41) is 3.85. The summed E-state index contributed by atoms with van der Waals surface area (Å²) in [6.45, 7) is 5.79. The van der Waals surface area contributed by atoms with E-state index in [-0.39, 0.29) is 6.03 Å². The van der Waals surface area contributed by atoms with Gasteiger partial charge in [0.2, 0.25) is 0 Å². The lowest BCUT2D eigenvalue weighted by molar-refractivity contribution is 0.195. The van der Waals surface area contributed by atoms with E-state index in [9.17, 15) is 4.79 Å². The molecule has 1 aromatic heterocycles. The fourth-order valence-corrected chi connectivity index (χ4v) is 2.92. The maximum atomic E-state index is 11.5. The van der Waals surface area contributed by atoms with E-state index >= 15 is 0 Å². The molecule has 0 aliphatic carbocycles. The molecule has 5 heteroatoms. The highest BCUT2D eigenvalue weighted by Gasteiger charge is 2.23. The summed E-state index contributed by atoms with van der Waals surface area (Å²) in [4.78, 5) is 19.2. The van der Waals surface area contributed by atoms with E-state index in [4.69, 9.17) is 0 Å². The number of fused-ring (bicyclic) bond motifs is 1. The molecular weight excluding hydrogens is 222 g/mol. The predicted octanol–water partition coefficient (Wildman–Crippen LogP) is 1.96. The van der Waals surface area contributed by atoms with Crippen molar-refractivity contribution in [3.05, 3.63) is 15.6 Å². The van der Waals surface area contributed by atoms with Crippen molar-refractivity contribution in [1.29, 1.82) is 0 Å². The van der Waals surface area contributed by atoms with Crippen molar-refractivity contribution >= 4 is 17.4 Å². The largest absolute Gasteiger partial charge is 0.341 e. The first-order valence-electron chi connectivity index (χ1n) is 5.57. The third-order valence-corrected chi connectivity index (χ3v) is 4.13. The number of urea groups is 1. The minimum Gasteiger partial charge on any atom is -0.341 e. The van der Waals surface area contributed by atoms with Gasteiger partial charge in [-0.3, -0.25) is 0 Å². The summed E-state index contributed by atoms with van der Waals surface area (Å²) in [6.07, 6.45) is 0.881. The first-order valence-corrected chi connectivity index (χ1v) is 6.38. The number of amides is 2. The maximum Gasteiger partial charge on any atom is 0.317 e. The summed E-state index contributed by atoms with van der Waals surface area (Å²) in [6, 6.07) is 0.00477. The molecule has 0 bridgehead atoms. The van der Waals surface area contributed by atoms with Crippen molar-refractivity contribution in [3.8, 4) is 0 Å². The number of carbonyl (C=O) groups excluding carboxylic acids is 1. The minimum atomic E-state index is 0.00477. The van der Waals surface area contributed by atoms with Gasteiger partial charge in [0, 0.05) is 30.8 Å². The predicted molar refractivity (Wildman–Crippen MR) is 64.8 cm³/mol. The van der Waals surface area contributed by atoms with Crippen LogP contribution in [0.2, 0.25) is 0 Å². The van der Waals surface area contributed by atoms with Crippen molar-refractivity contribution in [2.75, 3.05) is 13.6 Å². The number of carbonyl (C=O) groups is 1. The van der Waals surface area contributed by atoms with Gasteiger partial charge in [-0.2, -0.15) is 0 Å². The van der Waals surface area contributed by atoms with Crippen molar-refractivity contribution < 1.29 is 4.79 Å². The molecule has 1 N–H and O–H groups in total. The molecule has 1 aromatic rings. The molecule has 2 amide bonds. The monoisotopic (exact) mass is 239 g/mol. The zero-order valence-corrected chi connectivity index (χ0v) is 10.7. The lowest BCUT2D eigenvalue weighted by Crippen LogP contribution is -2.40. The molecule has 0 radical (unpaired) electrons. The van der Waals surface area contributed by atoms with E-state index in [2.05, 4.69) is 24.1 Å². The summed E-state index contributed by atoms with van der Waals surface area (Å²) in [7, 11) is 1.67. The number of nitrogens with one attached hydrogen (secondary N) is 1. The minimum absolute atomic E-state index is 0.00477. The standard InChI is InChI=1S/C11H17N3OS/c1-7(2)10-13-8-4-5-14(11(15)12-3)6-9(8)16-10/h7H,4-6H2,1-3H3,(H,12,15). The average molecular weight is 239 g/mol. The number of nitrogens with zero attached hydrogens (tertiary/aromatic N) is 2. The second kappa shape index (κ2) is 4.41. The molecule has 0 unspecified atom stereocenters. The normalized spacial score (nSPS) is 15.1. The highest BCUT2D eigenvalue weighted by atomic mass is 32.1. The lowest BCUT2D eigenvalue weighted by Gasteiger charge is -2.25. The molecule has 0 fully saturated rings. The van der Waals surface area contributed by atoms with Gasteiger partial charge in [0.1, 0.15) is 0 Å². The lowest BCUT2D eigenvalue weighted by atomic mass is 10.2. The molecule has 0 atom stereocenters. The Hall–Kier alpha value is -1.10. The summed E-state index contributed by atoms with van der Waals surface area (Å²) >= 11 is 1.74. The van der Waals surface area contributed by atoms with Gasteiger partial charge in [0.15, 0.2) is 0 Å². The van der Waals surface area contributed by atoms with Crippen LogP contribution < -0.4 is 5.32 Å². The number of aromatic nitrogens is 1. The zero-order valence-electron chi connectivity index (χ0n) is 9.91. The van der Waals surface area contributed by atoms with Crippen LogP contribution in [0.3, 0.4) is 0 Å². The second-order valence-corrected chi connectivity index (χ2v) is 5.42. The van der Waals surface area contributed by atoms with Gasteiger partial charge in [0.25, 0.3) is 0 Å². The molecule has 16 heavy (non-hydrogen) atoms. The molecule has 0 spiro atoms. The number of thiazole rings is 1. The Labute approximate surface area is 99.7 Å². The molecule has 0 saturated heterocycles. The summed E-state index contributed by atoms with van der Waals surface area (Å²) in [5.41, 5.74) is 1.19. The van der Waals surface area contributed by atoms with Gasteiger partial charge in [-0.25, -0.2) is 9.78 Å². The van der Waals surface area contributed by atoms with Crippen LogP contribution in [0.1, 0.15) is 35.3 Å². The smallest absolute Gasteiger partial charge is 0.317 e. The Morgan fingerprint density at radius 1 is 1.56 bits per heavy atom. The van der Waals surface area contributed by atoms with Gasteiger partial charge in [0.05, 0.1) is 17.2 Å². The second-order valence-electron chi connectivity index (χ2n) is 4.30. The Morgan fingerprint density at radius 2 is 2.31 bits per heavy atom. The van der Waals surface area contributed by atoms with Gasteiger partial charge in [-0.1, -0.05) is 13.8 Å². The molecule has 4 nitrogen and oxygen atoms in total. The molecule has 0 saturated carbocycles. The van der Waals surface area contributed by atoms with Crippen LogP contribution in [0.15, 0.2) is 0 Å². The van der Waals surface area contributed by atoms with Gasteiger partial charge >= 0.3 is 6.03 Å². The van der Waals surface area contributed by atoms with Gasteiger partial charge in [-0.05, 0) is 0 Å². The van der Waals surface area contributed by atoms with Crippen molar-refractivity contribution in [2.45, 2.75) is 32.7 Å². The quantitative estimate of drug-likeness (QED) is 0.814. The fourth-order valence-electron chi connectivity index (χ4n) is 1.79. The molecule has 0 aromatic carbocycles. The third-order valence-electron chi connectivity index (χ3n) is 2.74. The fraction of sp³-hybridized carbons (Fsp3) is 0.636. The Bertz CT molecular complexity index is 400. The zero-order chi connectivity index (χ0) is 11.7. The van der Waals surface area contributed by atoms with E-state index in [1.807, 2.05) is 4.90 Å². The first-order chi connectivity index (χ1) is 7.61. The number of rotatable bonds is 1. The third kappa shape index (κ3) is 2.04. The number of hydrogen-bond acceptors (Lipinski definition) is 3. The average Bonchev–Trinajstić information content (AvgIpc) is 2.70. The Morgan fingerprint density at radius 3 is 2.94 bits per heavy atom. The van der Waals surface area contributed by atoms with E-state index in [0.717, 1.165) is 13.0 Å². The molecule has 1 aliphatic heterocycles. The van der Waals surface area contributed by atoms with E-state index in [0.29, 0.717) is 12.5 Å². The highest BCUT2D eigenvalue weighted by Crippen LogP contribution is 2.29. The highest BCUT2D eigenvalue weighted by molar-refractivity contribution is 7.11. The van der Waals surface area contributed by atoms with Crippen LogP contribution in [0.25, 0.3) is 0 Å². The van der Waals surface area contributed by atoms with Gasteiger partial charge < -0.3 is 10.2 Å². The van der Waals surface area contributed by atoms with E-state index < -0.39 is 0 Å². The van der Waals surface area contributed by atoms with Crippen LogP contribution >= 0.6 is 11.3 Å². The number of hydrogen-bond donors (Lipinski definition) is 1. The van der Waals surface area contributed by atoms with Crippen molar-refractivity contribution in [2.24, 2.45) is 0 Å². The van der Waals surface area contributed by atoms with Crippen LogP contribution in [-0.2, 0) is 13.0 Å². The van der Waals surface area contributed by atoms with Crippen LogP contribution in [-0.4, -0.2) is 29.5 Å². The summed E-state index contributed by atoms with van der Waals surface area (Å²) in [5.74, 6) is 0.476. The first kappa shape index (κ1) is 11.4. The SMILES string of the molecule is CNC(=O)N1CCc2nc(C(C)C)sc2C1. The Balaban J connectivity index is 2.17. The van der Waals surface area contributed by atoms with E-state index in [1.165, 1.54) is 15.6 Å². The molecule has 88 valence electrons. The molecule has 1 aliphatic rings. The van der Waals surface area contributed by atoms with Gasteiger partial charge in [-0.15, -0.1) is 11.3 Å². The van der Waals surface area contributed by atoms with Crippen LogP contribution in [0.5, 0.6) is 0 Å². The summed E-state index contributed by atoms with van der Waals surface area (Å²) < 4.78 is 0. The maximum absolute atomic E-state index is 11.5. The van der Waals surface area contributed by atoms with Crippen LogP contribution in [0, 0.1) is 0 Å².